The van der Waals surface area contributed by atoms with Crippen LogP contribution in [0.25, 0.3) is 5.52 Å². The topological polar surface area (TPSA) is 55.1 Å². The first kappa shape index (κ1) is 14.2. The van der Waals surface area contributed by atoms with Gasteiger partial charge in [0.1, 0.15) is 0 Å². The number of hydrogen-bond acceptors (Lipinski definition) is 5. The van der Waals surface area contributed by atoms with Crippen molar-refractivity contribution in [2.75, 3.05) is 6.54 Å². The molecular weight excluding hydrogens is 282 g/mol. The SMILES string of the molecule is CCNC(Cc1nc(C)c(C)s1)c1cnn2ccncc12. The van der Waals surface area contributed by atoms with Crippen molar-refractivity contribution in [1.29, 1.82) is 0 Å². The van der Waals surface area contributed by atoms with E-state index >= 15 is 0 Å². The van der Waals surface area contributed by atoms with Gasteiger partial charge in [0.2, 0.25) is 0 Å². The second-order valence-electron chi connectivity index (χ2n) is 5.07. The van der Waals surface area contributed by atoms with Crippen LogP contribution < -0.4 is 5.32 Å². The lowest BCUT2D eigenvalue weighted by Gasteiger charge is -2.15. The molecule has 0 spiro atoms. The first-order valence-corrected chi connectivity index (χ1v) is 7.94. The number of nitrogens with one attached hydrogen (secondary N) is 1. The molecule has 0 aliphatic heterocycles. The molecule has 0 radical (unpaired) electrons. The number of fused-ring (bicyclic) bond motifs is 1. The minimum absolute atomic E-state index is 0.210. The Balaban J connectivity index is 1.94. The van der Waals surface area contributed by atoms with Gasteiger partial charge in [-0.2, -0.15) is 5.10 Å². The number of hydrogen-bond donors (Lipinski definition) is 1. The fourth-order valence-corrected chi connectivity index (χ4v) is 3.44. The van der Waals surface area contributed by atoms with Gasteiger partial charge in [0, 0.05) is 35.3 Å². The monoisotopic (exact) mass is 301 g/mol. The zero-order valence-electron chi connectivity index (χ0n) is 12.5. The van der Waals surface area contributed by atoms with Crippen molar-refractivity contribution in [2.45, 2.75) is 33.2 Å². The average molecular weight is 301 g/mol. The summed E-state index contributed by atoms with van der Waals surface area (Å²) in [5.41, 5.74) is 3.36. The normalized spacial score (nSPS) is 12.9. The Kier molecular flexibility index (Phi) is 3.98. The zero-order valence-corrected chi connectivity index (χ0v) is 13.3. The molecule has 0 aliphatic rings. The summed E-state index contributed by atoms with van der Waals surface area (Å²) in [5, 5.41) is 9.11. The molecule has 5 nitrogen and oxygen atoms in total. The molecule has 0 bridgehead atoms. The van der Waals surface area contributed by atoms with Crippen LogP contribution in [0.5, 0.6) is 0 Å². The van der Waals surface area contributed by atoms with Crippen LogP contribution >= 0.6 is 11.3 Å². The maximum atomic E-state index is 4.66. The van der Waals surface area contributed by atoms with E-state index in [2.05, 4.69) is 41.2 Å². The van der Waals surface area contributed by atoms with E-state index in [1.54, 1.807) is 17.5 Å². The molecule has 6 heteroatoms. The van der Waals surface area contributed by atoms with Crippen LogP contribution in [0.15, 0.2) is 24.8 Å². The van der Waals surface area contributed by atoms with E-state index in [-0.39, 0.29) is 6.04 Å². The molecular formula is C15H19N5S. The smallest absolute Gasteiger partial charge is 0.0949 e. The predicted octanol–water partition coefficient (Wildman–Crippen LogP) is 2.70. The Labute approximate surface area is 128 Å². The number of thiazole rings is 1. The maximum absolute atomic E-state index is 4.66. The summed E-state index contributed by atoms with van der Waals surface area (Å²) in [4.78, 5) is 10.2. The first-order chi connectivity index (χ1) is 10.2. The molecule has 0 aromatic carbocycles. The number of aromatic nitrogens is 4. The lowest BCUT2D eigenvalue weighted by atomic mass is 10.1. The lowest BCUT2D eigenvalue weighted by Crippen LogP contribution is -2.22. The molecule has 1 N–H and O–H groups in total. The molecule has 0 aliphatic carbocycles. The van der Waals surface area contributed by atoms with Gasteiger partial charge in [0.25, 0.3) is 0 Å². The van der Waals surface area contributed by atoms with Gasteiger partial charge < -0.3 is 5.32 Å². The molecule has 3 rings (SSSR count). The molecule has 3 aromatic heterocycles. The largest absolute Gasteiger partial charge is 0.310 e. The van der Waals surface area contributed by atoms with E-state index in [9.17, 15) is 0 Å². The van der Waals surface area contributed by atoms with E-state index < -0.39 is 0 Å². The second kappa shape index (κ2) is 5.91. The molecule has 3 heterocycles. The van der Waals surface area contributed by atoms with E-state index in [1.165, 1.54) is 15.4 Å². The molecule has 110 valence electrons. The van der Waals surface area contributed by atoms with Gasteiger partial charge in [-0.25, -0.2) is 9.50 Å². The van der Waals surface area contributed by atoms with E-state index in [4.69, 9.17) is 0 Å². The minimum atomic E-state index is 0.210. The maximum Gasteiger partial charge on any atom is 0.0949 e. The Morgan fingerprint density at radius 3 is 2.90 bits per heavy atom. The third-order valence-electron chi connectivity index (χ3n) is 3.63. The van der Waals surface area contributed by atoms with Crippen LogP contribution in [-0.4, -0.2) is 26.1 Å². The molecule has 0 fully saturated rings. The van der Waals surface area contributed by atoms with Crippen LogP contribution in [0.1, 0.15) is 34.1 Å². The molecule has 21 heavy (non-hydrogen) atoms. The minimum Gasteiger partial charge on any atom is -0.310 e. The van der Waals surface area contributed by atoms with Gasteiger partial charge in [-0.15, -0.1) is 11.3 Å². The van der Waals surface area contributed by atoms with Crippen molar-refractivity contribution in [3.63, 3.8) is 0 Å². The molecule has 0 saturated heterocycles. The Morgan fingerprint density at radius 1 is 1.33 bits per heavy atom. The predicted molar refractivity (Wildman–Crippen MR) is 84.7 cm³/mol. The van der Waals surface area contributed by atoms with Crippen LogP contribution in [0, 0.1) is 13.8 Å². The standard InChI is InChI=1S/C15H19N5S/c1-4-17-13(7-15-19-10(2)11(3)21-15)12-8-18-20-6-5-16-9-14(12)20/h5-6,8-9,13,17H,4,7H2,1-3H3. The Hall–Kier alpha value is -1.79. The van der Waals surface area contributed by atoms with Crippen LogP contribution in [-0.2, 0) is 6.42 Å². The molecule has 1 unspecified atom stereocenters. The highest BCUT2D eigenvalue weighted by Crippen LogP contribution is 2.25. The quantitative estimate of drug-likeness (QED) is 0.787. The van der Waals surface area contributed by atoms with Gasteiger partial charge in [-0.05, 0) is 20.4 Å². The fraction of sp³-hybridized carbons (Fsp3) is 0.400. The van der Waals surface area contributed by atoms with Crippen LogP contribution in [0.2, 0.25) is 0 Å². The average Bonchev–Trinajstić information content (AvgIpc) is 3.03. The second-order valence-corrected chi connectivity index (χ2v) is 6.36. The van der Waals surface area contributed by atoms with Crippen molar-refractivity contribution < 1.29 is 0 Å². The summed E-state index contributed by atoms with van der Waals surface area (Å²) in [6.45, 7) is 7.22. The van der Waals surface area contributed by atoms with Crippen molar-refractivity contribution in [3.8, 4) is 0 Å². The highest BCUT2D eigenvalue weighted by molar-refractivity contribution is 7.11. The zero-order chi connectivity index (χ0) is 14.8. The third kappa shape index (κ3) is 2.82. The molecule has 0 amide bonds. The summed E-state index contributed by atoms with van der Waals surface area (Å²) in [5.74, 6) is 0. The fourth-order valence-electron chi connectivity index (χ4n) is 2.46. The number of rotatable bonds is 5. The first-order valence-electron chi connectivity index (χ1n) is 7.12. The summed E-state index contributed by atoms with van der Waals surface area (Å²) in [6.07, 6.45) is 8.30. The van der Waals surface area contributed by atoms with Gasteiger partial charge in [0.15, 0.2) is 0 Å². The summed E-state index contributed by atoms with van der Waals surface area (Å²) in [7, 11) is 0. The Bertz CT molecular complexity index is 726. The van der Waals surface area contributed by atoms with Gasteiger partial charge in [-0.1, -0.05) is 6.92 Å². The van der Waals surface area contributed by atoms with E-state index in [0.29, 0.717) is 0 Å². The number of aryl methyl sites for hydroxylation is 2. The van der Waals surface area contributed by atoms with Crippen LogP contribution in [0.4, 0.5) is 0 Å². The Morgan fingerprint density at radius 2 is 2.19 bits per heavy atom. The van der Waals surface area contributed by atoms with Crippen molar-refractivity contribution in [1.82, 2.24) is 24.9 Å². The van der Waals surface area contributed by atoms with Gasteiger partial charge in [0.05, 0.1) is 28.6 Å². The lowest BCUT2D eigenvalue weighted by molar-refractivity contribution is 0.551. The van der Waals surface area contributed by atoms with Gasteiger partial charge in [-0.3, -0.25) is 4.98 Å². The number of likely N-dealkylation sites (N-methyl/N-ethyl adjacent to an activating group) is 1. The number of nitrogens with zero attached hydrogens (tertiary/aromatic N) is 4. The highest BCUT2D eigenvalue weighted by atomic mass is 32.1. The summed E-state index contributed by atoms with van der Waals surface area (Å²) >= 11 is 1.78. The van der Waals surface area contributed by atoms with E-state index in [0.717, 1.165) is 24.2 Å². The molecule has 0 saturated carbocycles. The molecule has 1 atom stereocenters. The van der Waals surface area contributed by atoms with E-state index in [1.807, 2.05) is 23.1 Å². The molecule has 3 aromatic rings. The van der Waals surface area contributed by atoms with Crippen molar-refractivity contribution >= 4 is 16.9 Å². The van der Waals surface area contributed by atoms with Crippen molar-refractivity contribution in [3.05, 3.63) is 45.9 Å². The van der Waals surface area contributed by atoms with Crippen molar-refractivity contribution in [2.24, 2.45) is 0 Å². The third-order valence-corrected chi connectivity index (χ3v) is 4.73. The summed E-state index contributed by atoms with van der Waals surface area (Å²) in [6, 6.07) is 0.210. The summed E-state index contributed by atoms with van der Waals surface area (Å²) < 4.78 is 1.87. The highest BCUT2D eigenvalue weighted by Gasteiger charge is 2.18. The van der Waals surface area contributed by atoms with Gasteiger partial charge >= 0.3 is 0 Å². The van der Waals surface area contributed by atoms with Crippen LogP contribution in [0.3, 0.4) is 0 Å².